The van der Waals surface area contributed by atoms with Crippen LogP contribution in [0.15, 0.2) is 5.16 Å². The summed E-state index contributed by atoms with van der Waals surface area (Å²) >= 11 is 1.28. The van der Waals surface area contributed by atoms with Crippen LogP contribution in [0.1, 0.15) is 0 Å². The largest absolute Gasteiger partial charge is 0.224 e. The molecule has 0 N–H and O–H groups in total. The van der Waals surface area contributed by atoms with Crippen molar-refractivity contribution in [1.29, 1.82) is 0 Å². The first-order valence-electron chi connectivity index (χ1n) is 1.99. The van der Waals surface area contributed by atoms with E-state index in [9.17, 15) is 0 Å². The quantitative estimate of drug-likeness (QED) is 0.504. The molecule has 0 aromatic carbocycles. The number of tetrazole rings is 1. The molecule has 0 bridgehead atoms. The van der Waals surface area contributed by atoms with Crippen molar-refractivity contribution in [3.63, 3.8) is 0 Å². The zero-order valence-corrected chi connectivity index (χ0v) is 5.22. The molecule has 1 radical (unpaired) electrons. The van der Waals surface area contributed by atoms with E-state index in [2.05, 4.69) is 21.8 Å². The smallest absolute Gasteiger partial charge is 0.209 e. The van der Waals surface area contributed by atoms with E-state index in [1.54, 1.807) is 11.7 Å². The first kappa shape index (κ1) is 5.55. The van der Waals surface area contributed by atoms with Crippen LogP contribution in [0, 0.1) is 6.26 Å². The third kappa shape index (κ3) is 0.812. The Morgan fingerprint density at radius 3 is 2.75 bits per heavy atom. The molecule has 0 fully saturated rings. The SMILES string of the molecule is [CH2]Sc1nnnn1C. The van der Waals surface area contributed by atoms with Crippen LogP contribution in [-0.4, -0.2) is 20.2 Å². The van der Waals surface area contributed by atoms with Crippen molar-refractivity contribution >= 4 is 11.8 Å². The molecular formula is C3H5N4S. The Bertz CT molecular complexity index is 172. The summed E-state index contributed by atoms with van der Waals surface area (Å²) in [5.41, 5.74) is 0. The predicted octanol–water partition coefficient (Wildman–Crippen LogP) is 0.0938. The van der Waals surface area contributed by atoms with Crippen molar-refractivity contribution in [2.24, 2.45) is 7.05 Å². The van der Waals surface area contributed by atoms with Gasteiger partial charge in [0.1, 0.15) is 0 Å². The maximum atomic E-state index is 3.64. The Morgan fingerprint density at radius 2 is 2.50 bits per heavy atom. The lowest BCUT2D eigenvalue weighted by Gasteiger charge is -1.86. The number of nitrogens with zero attached hydrogens (tertiary/aromatic N) is 4. The van der Waals surface area contributed by atoms with Crippen LogP contribution in [0.5, 0.6) is 0 Å². The van der Waals surface area contributed by atoms with Crippen LogP contribution in [0.4, 0.5) is 0 Å². The fraction of sp³-hybridized carbons (Fsp3) is 0.333. The van der Waals surface area contributed by atoms with Crippen LogP contribution >= 0.6 is 11.8 Å². The number of hydrogen-bond acceptors (Lipinski definition) is 4. The highest BCUT2D eigenvalue weighted by Gasteiger charge is 1.95. The van der Waals surface area contributed by atoms with Crippen LogP contribution in [0.2, 0.25) is 0 Å². The van der Waals surface area contributed by atoms with Gasteiger partial charge in [-0.15, -0.1) is 5.10 Å². The second-order valence-corrected chi connectivity index (χ2v) is 1.88. The topological polar surface area (TPSA) is 43.6 Å². The van der Waals surface area contributed by atoms with Crippen LogP contribution in [0.25, 0.3) is 0 Å². The summed E-state index contributed by atoms with van der Waals surface area (Å²) in [6.07, 6.45) is 3.54. The van der Waals surface area contributed by atoms with Gasteiger partial charge in [-0.05, 0) is 10.4 Å². The van der Waals surface area contributed by atoms with Gasteiger partial charge < -0.3 is 0 Å². The second-order valence-electron chi connectivity index (χ2n) is 1.23. The molecule has 1 aromatic rings. The molecule has 0 amide bonds. The lowest BCUT2D eigenvalue weighted by molar-refractivity contribution is 0.665. The summed E-state index contributed by atoms with van der Waals surface area (Å²) < 4.78 is 1.57. The summed E-state index contributed by atoms with van der Waals surface area (Å²) in [5.74, 6) is 0. The second kappa shape index (κ2) is 2.13. The Balaban J connectivity index is 2.92. The first-order chi connectivity index (χ1) is 3.84. The van der Waals surface area contributed by atoms with Crippen molar-refractivity contribution in [2.75, 3.05) is 0 Å². The lowest BCUT2D eigenvalue weighted by atomic mass is 11.2. The van der Waals surface area contributed by atoms with Gasteiger partial charge in [-0.1, -0.05) is 11.8 Å². The zero-order valence-electron chi connectivity index (χ0n) is 4.40. The Hall–Kier alpha value is -0.580. The lowest BCUT2D eigenvalue weighted by Crippen LogP contribution is -1.90. The minimum Gasteiger partial charge on any atom is -0.224 e. The molecule has 0 aliphatic heterocycles. The number of aryl methyl sites for hydroxylation is 1. The molecule has 0 unspecified atom stereocenters. The fourth-order valence-corrected chi connectivity index (χ4v) is 0.661. The Labute approximate surface area is 51.3 Å². The van der Waals surface area contributed by atoms with Gasteiger partial charge in [0, 0.05) is 13.3 Å². The number of thioether (sulfide) groups is 1. The average Bonchev–Trinajstić information content (AvgIpc) is 2.14. The normalized spacial score (nSPS) is 9.75. The van der Waals surface area contributed by atoms with E-state index in [1.165, 1.54) is 11.8 Å². The van der Waals surface area contributed by atoms with Crippen molar-refractivity contribution in [2.45, 2.75) is 5.16 Å². The van der Waals surface area contributed by atoms with Crippen molar-refractivity contribution < 1.29 is 0 Å². The van der Waals surface area contributed by atoms with Crippen molar-refractivity contribution in [3.05, 3.63) is 6.26 Å². The van der Waals surface area contributed by atoms with Crippen molar-refractivity contribution in [3.8, 4) is 0 Å². The molecule has 1 aromatic heterocycles. The van der Waals surface area contributed by atoms with Crippen LogP contribution in [-0.2, 0) is 7.05 Å². The first-order valence-corrected chi connectivity index (χ1v) is 2.97. The monoisotopic (exact) mass is 129 g/mol. The molecule has 0 aliphatic carbocycles. The van der Waals surface area contributed by atoms with Gasteiger partial charge in [0.25, 0.3) is 0 Å². The summed E-state index contributed by atoms with van der Waals surface area (Å²) in [6.45, 7) is 0. The van der Waals surface area contributed by atoms with Crippen molar-refractivity contribution in [1.82, 2.24) is 20.2 Å². The highest BCUT2D eigenvalue weighted by molar-refractivity contribution is 8.00. The maximum Gasteiger partial charge on any atom is 0.209 e. The van der Waals surface area contributed by atoms with E-state index in [0.717, 1.165) is 5.16 Å². The summed E-state index contributed by atoms with van der Waals surface area (Å²) in [6, 6.07) is 0. The van der Waals surface area contributed by atoms with Gasteiger partial charge in [-0.2, -0.15) is 0 Å². The van der Waals surface area contributed by atoms with Gasteiger partial charge in [0.05, 0.1) is 0 Å². The summed E-state index contributed by atoms with van der Waals surface area (Å²) in [5, 5.41) is 11.3. The molecule has 0 spiro atoms. The van der Waals surface area contributed by atoms with Crippen LogP contribution in [0.3, 0.4) is 0 Å². The Kier molecular flexibility index (Phi) is 1.48. The number of rotatable bonds is 1. The minimum absolute atomic E-state index is 0.727. The van der Waals surface area contributed by atoms with Gasteiger partial charge in [0.15, 0.2) is 0 Å². The molecule has 0 saturated heterocycles. The van der Waals surface area contributed by atoms with Gasteiger partial charge in [0.2, 0.25) is 5.16 Å². The van der Waals surface area contributed by atoms with Crippen LogP contribution < -0.4 is 0 Å². The standard InChI is InChI=1S/C3H5N4S/c1-7-3(8-2)4-5-6-7/h2H2,1H3. The number of hydrogen-bond donors (Lipinski definition) is 0. The van der Waals surface area contributed by atoms with Gasteiger partial charge in [-0.25, -0.2) is 4.68 Å². The fourth-order valence-electron chi connectivity index (χ4n) is 0.344. The third-order valence-electron chi connectivity index (χ3n) is 0.710. The highest BCUT2D eigenvalue weighted by Crippen LogP contribution is 2.07. The highest BCUT2D eigenvalue weighted by atomic mass is 32.2. The molecular weight excluding hydrogens is 124 g/mol. The molecule has 0 aliphatic rings. The molecule has 8 heavy (non-hydrogen) atoms. The summed E-state index contributed by atoms with van der Waals surface area (Å²) in [7, 11) is 1.77. The van der Waals surface area contributed by atoms with Gasteiger partial charge in [-0.3, -0.25) is 0 Å². The molecule has 4 nitrogen and oxygen atoms in total. The average molecular weight is 129 g/mol. The van der Waals surface area contributed by atoms with E-state index in [1.807, 2.05) is 0 Å². The molecule has 43 valence electrons. The van der Waals surface area contributed by atoms with E-state index in [-0.39, 0.29) is 0 Å². The van der Waals surface area contributed by atoms with E-state index >= 15 is 0 Å². The molecule has 1 rings (SSSR count). The molecule has 0 atom stereocenters. The third-order valence-corrected chi connectivity index (χ3v) is 1.31. The molecule has 1 heterocycles. The maximum absolute atomic E-state index is 3.64. The summed E-state index contributed by atoms with van der Waals surface area (Å²) in [4.78, 5) is 0. The van der Waals surface area contributed by atoms with E-state index in [4.69, 9.17) is 0 Å². The molecule has 5 heteroatoms. The van der Waals surface area contributed by atoms with E-state index in [0.29, 0.717) is 0 Å². The number of aromatic nitrogens is 4. The molecule has 0 saturated carbocycles. The van der Waals surface area contributed by atoms with Gasteiger partial charge >= 0.3 is 0 Å². The van der Waals surface area contributed by atoms with E-state index < -0.39 is 0 Å². The Morgan fingerprint density at radius 1 is 1.75 bits per heavy atom. The zero-order chi connectivity index (χ0) is 5.98. The predicted molar refractivity (Wildman–Crippen MR) is 30.0 cm³/mol. The minimum atomic E-state index is 0.727.